The summed E-state index contributed by atoms with van der Waals surface area (Å²) in [5.41, 5.74) is 3.21. The second-order valence-corrected chi connectivity index (χ2v) is 10.3. The van der Waals surface area contributed by atoms with Gasteiger partial charge in [0.25, 0.3) is 10.0 Å². The van der Waals surface area contributed by atoms with E-state index in [1.165, 1.54) is 24.1 Å². The third-order valence-electron chi connectivity index (χ3n) is 5.78. The lowest BCUT2D eigenvalue weighted by atomic mass is 10.1. The van der Waals surface area contributed by atoms with E-state index in [1.54, 1.807) is 49.4 Å². The zero-order chi connectivity index (χ0) is 25.6. The predicted molar refractivity (Wildman–Crippen MR) is 137 cm³/mol. The number of amides is 2. The van der Waals surface area contributed by atoms with Crippen LogP contribution in [-0.4, -0.2) is 44.8 Å². The molecule has 3 aromatic carbocycles. The Kier molecular flexibility index (Phi) is 8.30. The topological polar surface area (TPSA) is 86.8 Å². The lowest BCUT2D eigenvalue weighted by Crippen LogP contribution is -2.50. The number of carbonyl (C=O) groups excluding carboxylic acids is 2. The van der Waals surface area contributed by atoms with Crippen LogP contribution in [0.2, 0.25) is 0 Å². The highest BCUT2D eigenvalue weighted by Gasteiger charge is 2.32. The van der Waals surface area contributed by atoms with Crippen molar-refractivity contribution in [2.75, 3.05) is 17.9 Å². The Morgan fingerprint density at radius 2 is 1.54 bits per heavy atom. The van der Waals surface area contributed by atoms with E-state index in [-0.39, 0.29) is 17.3 Å². The smallest absolute Gasteiger partial charge is 0.264 e. The molecule has 0 aromatic heterocycles. The van der Waals surface area contributed by atoms with Crippen molar-refractivity contribution in [3.63, 3.8) is 0 Å². The first-order valence-electron chi connectivity index (χ1n) is 11.3. The fraction of sp³-hybridized carbons (Fsp3) is 0.259. The summed E-state index contributed by atoms with van der Waals surface area (Å²) in [6.07, 6.45) is 0. The van der Waals surface area contributed by atoms with Crippen molar-refractivity contribution in [3.8, 4) is 0 Å². The summed E-state index contributed by atoms with van der Waals surface area (Å²) in [6.45, 7) is 5.20. The number of rotatable bonds is 9. The van der Waals surface area contributed by atoms with Crippen LogP contribution in [-0.2, 0) is 26.2 Å². The first kappa shape index (κ1) is 26.0. The molecule has 7 nitrogen and oxygen atoms in total. The SMILES string of the molecule is CNC(=O)[C@@H](C)N(Cc1cccc(C)c1)C(=O)CN(c1ccc(C)cc1)S(=O)(=O)c1ccccc1. The van der Waals surface area contributed by atoms with Crippen molar-refractivity contribution in [3.05, 3.63) is 95.6 Å². The Bertz CT molecular complexity index is 1280. The lowest BCUT2D eigenvalue weighted by Gasteiger charge is -2.31. The zero-order valence-electron chi connectivity index (χ0n) is 20.4. The molecule has 0 radical (unpaired) electrons. The molecular formula is C27H31N3O4S. The van der Waals surface area contributed by atoms with Gasteiger partial charge in [0.1, 0.15) is 12.6 Å². The molecule has 2 amide bonds. The van der Waals surface area contributed by atoms with Crippen molar-refractivity contribution >= 4 is 27.5 Å². The minimum Gasteiger partial charge on any atom is -0.357 e. The van der Waals surface area contributed by atoms with Gasteiger partial charge in [-0.15, -0.1) is 0 Å². The monoisotopic (exact) mass is 493 g/mol. The van der Waals surface area contributed by atoms with E-state index >= 15 is 0 Å². The molecule has 0 spiro atoms. The molecule has 0 unspecified atom stereocenters. The second kappa shape index (κ2) is 11.2. The highest BCUT2D eigenvalue weighted by molar-refractivity contribution is 7.92. The summed E-state index contributed by atoms with van der Waals surface area (Å²) in [5.74, 6) is -0.818. The Labute approximate surface area is 207 Å². The molecule has 1 N–H and O–H groups in total. The Morgan fingerprint density at radius 3 is 2.14 bits per heavy atom. The highest BCUT2D eigenvalue weighted by atomic mass is 32.2. The van der Waals surface area contributed by atoms with Gasteiger partial charge in [0.2, 0.25) is 11.8 Å². The molecule has 8 heteroatoms. The lowest BCUT2D eigenvalue weighted by molar-refractivity contribution is -0.139. The van der Waals surface area contributed by atoms with Gasteiger partial charge in [-0.25, -0.2) is 8.42 Å². The van der Waals surface area contributed by atoms with Gasteiger partial charge < -0.3 is 10.2 Å². The van der Waals surface area contributed by atoms with Crippen LogP contribution in [0.5, 0.6) is 0 Å². The maximum atomic E-state index is 13.7. The number of anilines is 1. The zero-order valence-corrected chi connectivity index (χ0v) is 21.2. The number of carbonyl (C=O) groups is 2. The van der Waals surface area contributed by atoms with Gasteiger partial charge in [-0.1, -0.05) is 65.7 Å². The predicted octanol–water partition coefficient (Wildman–Crippen LogP) is 3.66. The molecule has 184 valence electrons. The fourth-order valence-corrected chi connectivity index (χ4v) is 5.19. The maximum Gasteiger partial charge on any atom is 0.264 e. The van der Waals surface area contributed by atoms with E-state index in [0.717, 1.165) is 21.0 Å². The largest absolute Gasteiger partial charge is 0.357 e. The van der Waals surface area contributed by atoms with Crippen molar-refractivity contribution in [1.82, 2.24) is 10.2 Å². The average molecular weight is 494 g/mol. The van der Waals surface area contributed by atoms with Crippen molar-refractivity contribution in [2.45, 2.75) is 38.3 Å². The summed E-state index contributed by atoms with van der Waals surface area (Å²) in [6, 6.07) is 21.8. The van der Waals surface area contributed by atoms with Crippen LogP contribution in [0.15, 0.2) is 83.8 Å². The first-order valence-corrected chi connectivity index (χ1v) is 12.8. The number of sulfonamides is 1. The summed E-state index contributed by atoms with van der Waals surface area (Å²) < 4.78 is 28.3. The van der Waals surface area contributed by atoms with Gasteiger partial charge in [0.15, 0.2) is 0 Å². The second-order valence-electron chi connectivity index (χ2n) is 8.46. The first-order chi connectivity index (χ1) is 16.6. The molecule has 0 aliphatic rings. The van der Waals surface area contributed by atoms with Gasteiger partial charge in [0.05, 0.1) is 10.6 Å². The van der Waals surface area contributed by atoms with Crippen molar-refractivity contribution < 1.29 is 18.0 Å². The van der Waals surface area contributed by atoms with Gasteiger partial charge in [0, 0.05) is 13.6 Å². The Balaban J connectivity index is 2.01. The number of nitrogens with one attached hydrogen (secondary N) is 1. The van der Waals surface area contributed by atoms with E-state index in [1.807, 2.05) is 38.1 Å². The molecule has 0 heterocycles. The van der Waals surface area contributed by atoms with Crippen LogP contribution in [0.25, 0.3) is 0 Å². The number of hydrogen-bond acceptors (Lipinski definition) is 4. The number of nitrogens with zero attached hydrogens (tertiary/aromatic N) is 2. The van der Waals surface area contributed by atoms with Crippen LogP contribution in [0.1, 0.15) is 23.6 Å². The summed E-state index contributed by atoms with van der Waals surface area (Å²) in [7, 11) is -2.53. The van der Waals surface area contributed by atoms with Crippen LogP contribution in [0.3, 0.4) is 0 Å². The number of likely N-dealkylation sites (N-methyl/N-ethyl adjacent to an activating group) is 1. The molecule has 0 aliphatic heterocycles. The van der Waals surface area contributed by atoms with Crippen LogP contribution in [0, 0.1) is 13.8 Å². The molecule has 0 saturated heterocycles. The van der Waals surface area contributed by atoms with E-state index in [4.69, 9.17) is 0 Å². The molecule has 0 aliphatic carbocycles. The number of benzene rings is 3. The van der Waals surface area contributed by atoms with E-state index in [0.29, 0.717) is 5.69 Å². The van der Waals surface area contributed by atoms with E-state index in [9.17, 15) is 18.0 Å². The van der Waals surface area contributed by atoms with Gasteiger partial charge in [-0.05, 0) is 50.6 Å². The summed E-state index contributed by atoms with van der Waals surface area (Å²) in [4.78, 5) is 27.6. The van der Waals surface area contributed by atoms with Crippen LogP contribution in [0.4, 0.5) is 5.69 Å². The molecule has 1 atom stereocenters. The summed E-state index contributed by atoms with van der Waals surface area (Å²) >= 11 is 0. The Morgan fingerprint density at radius 1 is 0.886 bits per heavy atom. The molecule has 3 rings (SSSR count). The standard InChI is InChI=1S/C27H31N3O4S/c1-20-13-15-24(16-14-20)30(35(33,34)25-11-6-5-7-12-25)19-26(31)29(22(3)27(32)28-4)18-23-10-8-9-21(2)17-23/h5-17,22H,18-19H2,1-4H3,(H,28,32)/t22-/m1/s1. The van der Waals surface area contributed by atoms with E-state index in [2.05, 4.69) is 5.32 Å². The van der Waals surface area contributed by atoms with Crippen molar-refractivity contribution in [2.24, 2.45) is 0 Å². The minimum atomic E-state index is -4.04. The summed E-state index contributed by atoms with van der Waals surface area (Å²) in [5, 5.41) is 2.58. The molecule has 0 fully saturated rings. The number of hydrogen-bond donors (Lipinski definition) is 1. The molecule has 0 saturated carbocycles. The average Bonchev–Trinajstić information content (AvgIpc) is 2.86. The van der Waals surface area contributed by atoms with Gasteiger partial charge in [-0.2, -0.15) is 0 Å². The third-order valence-corrected chi connectivity index (χ3v) is 7.57. The molecule has 3 aromatic rings. The third kappa shape index (κ3) is 6.27. The molecular weight excluding hydrogens is 462 g/mol. The Hall–Kier alpha value is -3.65. The number of aryl methyl sites for hydroxylation is 2. The molecule has 35 heavy (non-hydrogen) atoms. The molecule has 0 bridgehead atoms. The van der Waals surface area contributed by atoms with Gasteiger partial charge >= 0.3 is 0 Å². The van der Waals surface area contributed by atoms with E-state index < -0.39 is 28.5 Å². The highest BCUT2D eigenvalue weighted by Crippen LogP contribution is 2.25. The van der Waals surface area contributed by atoms with Gasteiger partial charge in [-0.3, -0.25) is 13.9 Å². The maximum absolute atomic E-state index is 13.7. The van der Waals surface area contributed by atoms with Crippen LogP contribution >= 0.6 is 0 Å². The normalized spacial score (nSPS) is 12.0. The van der Waals surface area contributed by atoms with Crippen molar-refractivity contribution in [1.29, 1.82) is 0 Å². The van der Waals surface area contributed by atoms with Crippen LogP contribution < -0.4 is 9.62 Å². The fourth-order valence-electron chi connectivity index (χ4n) is 3.76. The quantitative estimate of drug-likeness (QED) is 0.493. The minimum absolute atomic E-state index is 0.0814.